The number of nitrogens with zero attached hydrogens (tertiary/aromatic N) is 5. The number of anilines is 1. The first-order chi connectivity index (χ1) is 15.9. The Balaban J connectivity index is 1.58. The number of carbonyl (C=O) groups is 1. The third-order valence-electron chi connectivity index (χ3n) is 5.33. The minimum atomic E-state index is -3.17. The second-order valence-corrected chi connectivity index (χ2v) is 9.59. The minimum absolute atomic E-state index is 0.0542. The molecule has 1 fully saturated rings. The Morgan fingerprint density at radius 2 is 2.09 bits per heavy atom. The molecule has 1 aliphatic heterocycles. The summed E-state index contributed by atoms with van der Waals surface area (Å²) >= 11 is 6.02. The fraction of sp³-hybridized carbons (Fsp3) is 0.455. The van der Waals surface area contributed by atoms with E-state index in [1.807, 2.05) is 0 Å². The molecule has 1 aliphatic rings. The molecule has 0 spiro atoms. The number of hydrogen-bond acceptors (Lipinski definition) is 7. The summed E-state index contributed by atoms with van der Waals surface area (Å²) in [5.74, 6) is -3.66. The predicted octanol–water partition coefficient (Wildman–Crippen LogP) is 4.75. The lowest BCUT2D eigenvalue weighted by Crippen LogP contribution is -2.52. The molecule has 1 amide bonds. The van der Waals surface area contributed by atoms with E-state index in [1.54, 1.807) is 45.0 Å². The zero-order valence-electron chi connectivity index (χ0n) is 19.0. The molecule has 1 atom stereocenters. The van der Waals surface area contributed by atoms with E-state index in [2.05, 4.69) is 15.1 Å². The highest BCUT2D eigenvalue weighted by Crippen LogP contribution is 2.37. The molecule has 182 valence electrons. The summed E-state index contributed by atoms with van der Waals surface area (Å²) in [6.45, 7) is 4.31. The van der Waals surface area contributed by atoms with Gasteiger partial charge in [0, 0.05) is 17.5 Å². The van der Waals surface area contributed by atoms with Crippen molar-refractivity contribution in [3.8, 4) is 11.6 Å². The molecule has 2 aromatic heterocycles. The molecule has 0 radical (unpaired) electrons. The molecular weight excluding hydrogens is 470 g/mol. The first-order valence-electron chi connectivity index (χ1n) is 10.7. The maximum absolute atomic E-state index is 15.1. The number of nitrogen functional groups attached to an aromatic ring is 1. The fourth-order valence-corrected chi connectivity index (χ4v) is 3.92. The summed E-state index contributed by atoms with van der Waals surface area (Å²) in [5, 5.41) is 5.14. The van der Waals surface area contributed by atoms with Crippen molar-refractivity contribution in [3.63, 3.8) is 0 Å². The van der Waals surface area contributed by atoms with E-state index in [1.165, 1.54) is 11.0 Å². The minimum Gasteiger partial charge on any atom is -0.444 e. The van der Waals surface area contributed by atoms with Crippen LogP contribution in [0.3, 0.4) is 0 Å². The van der Waals surface area contributed by atoms with Gasteiger partial charge >= 0.3 is 6.09 Å². The van der Waals surface area contributed by atoms with Gasteiger partial charge in [-0.1, -0.05) is 17.7 Å². The van der Waals surface area contributed by atoms with Crippen molar-refractivity contribution < 1.29 is 23.0 Å². The smallest absolute Gasteiger partial charge is 0.410 e. The standard InChI is InChI=1S/C22H25ClF2N6O3/c1-21(2,3)34-20(32)30-8-7-13(22(24,25)11-30)10-31-18-16(17(26)27-12-28-18)19(29-31)33-15-6-4-5-14(23)9-15/h4-6,9,12-13H,7-8,10-11H2,1-3H3,(H2,26,27,28). The van der Waals surface area contributed by atoms with E-state index in [0.717, 1.165) is 4.90 Å². The highest BCUT2D eigenvalue weighted by molar-refractivity contribution is 6.30. The molecule has 9 nitrogen and oxygen atoms in total. The van der Waals surface area contributed by atoms with Gasteiger partial charge in [0.2, 0.25) is 0 Å². The number of halogens is 3. The molecule has 1 unspecified atom stereocenters. The predicted molar refractivity (Wildman–Crippen MR) is 122 cm³/mol. The van der Waals surface area contributed by atoms with Gasteiger partial charge in [-0.2, -0.15) is 0 Å². The number of rotatable bonds is 4. The van der Waals surface area contributed by atoms with Crippen LogP contribution in [0.2, 0.25) is 5.02 Å². The molecule has 0 bridgehead atoms. The quantitative estimate of drug-likeness (QED) is 0.557. The summed E-state index contributed by atoms with van der Waals surface area (Å²) < 4.78 is 42.6. The lowest BCUT2D eigenvalue weighted by Gasteiger charge is -2.38. The van der Waals surface area contributed by atoms with E-state index >= 15 is 8.78 Å². The number of likely N-dealkylation sites (tertiary alicyclic amines) is 1. The van der Waals surface area contributed by atoms with Gasteiger partial charge in [-0.05, 0) is 45.4 Å². The highest BCUT2D eigenvalue weighted by Gasteiger charge is 2.47. The normalized spacial score (nSPS) is 18.2. The highest BCUT2D eigenvalue weighted by atomic mass is 35.5. The molecule has 1 saturated heterocycles. The van der Waals surface area contributed by atoms with E-state index in [9.17, 15) is 4.79 Å². The summed E-state index contributed by atoms with van der Waals surface area (Å²) in [7, 11) is 0. The number of nitrogens with two attached hydrogens (primary N) is 1. The first-order valence-corrected chi connectivity index (χ1v) is 11.1. The third kappa shape index (κ3) is 5.14. The van der Waals surface area contributed by atoms with Crippen LogP contribution in [0.5, 0.6) is 11.6 Å². The van der Waals surface area contributed by atoms with Crippen LogP contribution in [-0.4, -0.2) is 55.4 Å². The van der Waals surface area contributed by atoms with Crippen molar-refractivity contribution in [2.24, 2.45) is 5.92 Å². The molecule has 3 heterocycles. The zero-order chi connectivity index (χ0) is 24.7. The molecule has 34 heavy (non-hydrogen) atoms. The number of ether oxygens (including phenoxy) is 2. The summed E-state index contributed by atoms with van der Waals surface area (Å²) in [4.78, 5) is 21.5. The van der Waals surface area contributed by atoms with Crippen molar-refractivity contribution in [1.82, 2.24) is 24.6 Å². The second kappa shape index (κ2) is 8.86. The van der Waals surface area contributed by atoms with Crippen LogP contribution in [0.1, 0.15) is 27.2 Å². The Labute approximate surface area is 199 Å². The SMILES string of the molecule is CC(C)(C)OC(=O)N1CCC(Cn2nc(Oc3cccc(Cl)c3)c3c(N)ncnc32)C(F)(F)C1. The molecule has 12 heteroatoms. The van der Waals surface area contributed by atoms with E-state index in [0.29, 0.717) is 16.2 Å². The van der Waals surface area contributed by atoms with E-state index in [-0.39, 0.29) is 36.9 Å². The van der Waals surface area contributed by atoms with Gasteiger partial charge in [-0.3, -0.25) is 0 Å². The Hall–Kier alpha value is -3.21. The van der Waals surface area contributed by atoms with Gasteiger partial charge in [0.1, 0.15) is 28.9 Å². The van der Waals surface area contributed by atoms with Crippen molar-refractivity contribution in [2.45, 2.75) is 45.3 Å². The number of piperidine rings is 1. The lowest BCUT2D eigenvalue weighted by molar-refractivity contribution is -0.115. The fourth-order valence-electron chi connectivity index (χ4n) is 3.74. The summed E-state index contributed by atoms with van der Waals surface area (Å²) in [6.07, 6.45) is 0.536. The van der Waals surface area contributed by atoms with Gasteiger partial charge in [-0.15, -0.1) is 5.10 Å². The van der Waals surface area contributed by atoms with Crippen molar-refractivity contribution in [2.75, 3.05) is 18.8 Å². The third-order valence-corrected chi connectivity index (χ3v) is 5.56. The van der Waals surface area contributed by atoms with E-state index in [4.69, 9.17) is 26.8 Å². The largest absolute Gasteiger partial charge is 0.444 e. The number of hydrogen-bond donors (Lipinski definition) is 1. The molecule has 3 aromatic rings. The molecule has 4 rings (SSSR count). The summed E-state index contributed by atoms with van der Waals surface area (Å²) in [6, 6.07) is 6.66. The van der Waals surface area contributed by atoms with Crippen molar-refractivity contribution in [3.05, 3.63) is 35.6 Å². The number of amides is 1. The van der Waals surface area contributed by atoms with Crippen LogP contribution < -0.4 is 10.5 Å². The van der Waals surface area contributed by atoms with Crippen LogP contribution in [0.4, 0.5) is 19.4 Å². The van der Waals surface area contributed by atoms with Gasteiger partial charge in [0.15, 0.2) is 5.65 Å². The Morgan fingerprint density at radius 3 is 2.76 bits per heavy atom. The second-order valence-electron chi connectivity index (χ2n) is 9.15. The number of fused-ring (bicyclic) bond motifs is 1. The van der Waals surface area contributed by atoms with Crippen LogP contribution in [0, 0.1) is 5.92 Å². The van der Waals surface area contributed by atoms with Crippen molar-refractivity contribution >= 4 is 34.5 Å². The van der Waals surface area contributed by atoms with Gasteiger partial charge < -0.3 is 20.1 Å². The van der Waals surface area contributed by atoms with Gasteiger partial charge in [0.25, 0.3) is 11.8 Å². The molecule has 0 saturated carbocycles. The molecule has 0 aliphatic carbocycles. The first kappa shape index (κ1) is 23.9. The monoisotopic (exact) mass is 494 g/mol. The Kier molecular flexibility index (Phi) is 6.24. The Bertz CT molecular complexity index is 1210. The molecular formula is C22H25ClF2N6O3. The number of aromatic nitrogens is 4. The average molecular weight is 495 g/mol. The summed E-state index contributed by atoms with van der Waals surface area (Å²) in [5.41, 5.74) is 5.53. The Morgan fingerprint density at radius 1 is 1.32 bits per heavy atom. The van der Waals surface area contributed by atoms with Crippen molar-refractivity contribution in [1.29, 1.82) is 0 Å². The maximum atomic E-state index is 15.1. The lowest BCUT2D eigenvalue weighted by atomic mass is 9.93. The van der Waals surface area contributed by atoms with Gasteiger partial charge in [0.05, 0.1) is 13.1 Å². The topological polar surface area (TPSA) is 108 Å². The number of carbonyl (C=O) groups excluding carboxylic acids is 1. The molecule has 2 N–H and O–H groups in total. The van der Waals surface area contributed by atoms with Crippen LogP contribution >= 0.6 is 11.6 Å². The molecule has 1 aromatic carbocycles. The average Bonchev–Trinajstić information content (AvgIpc) is 3.06. The van der Waals surface area contributed by atoms with Crippen LogP contribution in [-0.2, 0) is 11.3 Å². The maximum Gasteiger partial charge on any atom is 0.410 e. The van der Waals surface area contributed by atoms with Crippen LogP contribution in [0.15, 0.2) is 30.6 Å². The van der Waals surface area contributed by atoms with Crippen LogP contribution in [0.25, 0.3) is 11.0 Å². The van der Waals surface area contributed by atoms with Gasteiger partial charge in [-0.25, -0.2) is 28.2 Å². The zero-order valence-corrected chi connectivity index (χ0v) is 19.7. The van der Waals surface area contributed by atoms with E-state index < -0.39 is 30.1 Å². The number of alkyl halides is 2. The number of benzene rings is 1.